The van der Waals surface area contributed by atoms with Gasteiger partial charge in [0, 0.05) is 22.8 Å². The Hall–Kier alpha value is -4.17. The molecule has 184 valence electrons. The molecule has 2 aliphatic heterocycles. The van der Waals surface area contributed by atoms with Gasteiger partial charge >= 0.3 is 0 Å². The molecule has 5 heterocycles. The third-order valence-electron chi connectivity index (χ3n) is 8.01. The molecule has 37 heavy (non-hydrogen) atoms. The molecule has 5 aromatic rings. The first kappa shape index (κ1) is 22.1. The van der Waals surface area contributed by atoms with Crippen LogP contribution in [-0.2, 0) is 16.8 Å². The first-order valence-electron chi connectivity index (χ1n) is 12.8. The molecule has 2 aliphatic rings. The third-order valence-corrected chi connectivity index (χ3v) is 8.01. The number of carbonyl (C=O) groups excluding carboxylic acids is 1. The van der Waals surface area contributed by atoms with Gasteiger partial charge in [-0.05, 0) is 67.9 Å². The van der Waals surface area contributed by atoms with Crippen LogP contribution in [0.1, 0.15) is 30.9 Å². The van der Waals surface area contributed by atoms with Crippen LogP contribution in [0.15, 0.2) is 67.3 Å². The lowest BCUT2D eigenvalue weighted by atomic mass is 9.73. The lowest BCUT2D eigenvalue weighted by Gasteiger charge is -2.37. The van der Waals surface area contributed by atoms with Crippen molar-refractivity contribution >= 4 is 33.7 Å². The molecule has 1 amide bonds. The fourth-order valence-corrected chi connectivity index (χ4v) is 5.85. The molecule has 0 unspecified atom stereocenters. The summed E-state index contributed by atoms with van der Waals surface area (Å²) in [6, 6.07) is 16.5. The van der Waals surface area contributed by atoms with Crippen LogP contribution in [0.25, 0.3) is 33.5 Å². The van der Waals surface area contributed by atoms with Crippen molar-refractivity contribution in [1.82, 2.24) is 29.4 Å². The second kappa shape index (κ2) is 8.45. The van der Waals surface area contributed by atoms with E-state index in [0.29, 0.717) is 12.4 Å². The van der Waals surface area contributed by atoms with E-state index in [0.717, 1.165) is 76.9 Å². The monoisotopic (exact) mass is 489 g/mol. The summed E-state index contributed by atoms with van der Waals surface area (Å²) < 4.78 is 2.05. The summed E-state index contributed by atoms with van der Waals surface area (Å²) in [5.74, 6) is 0.742. The largest absolute Gasteiger partial charge is 0.325 e. The Morgan fingerprint density at radius 1 is 1.00 bits per heavy atom. The van der Waals surface area contributed by atoms with E-state index in [1.165, 1.54) is 0 Å². The van der Waals surface area contributed by atoms with Crippen LogP contribution in [0.5, 0.6) is 0 Å². The first-order chi connectivity index (χ1) is 18.1. The van der Waals surface area contributed by atoms with Gasteiger partial charge in [0.15, 0.2) is 11.5 Å². The molecule has 0 saturated carbocycles. The number of piperidine rings is 1. The average Bonchev–Trinajstić information content (AvgIpc) is 3.46. The Bertz CT molecular complexity index is 1670. The quantitative estimate of drug-likeness (QED) is 0.403. The van der Waals surface area contributed by atoms with Crippen molar-refractivity contribution in [3.8, 4) is 11.4 Å². The number of rotatable bonds is 4. The third kappa shape index (κ3) is 3.59. The van der Waals surface area contributed by atoms with Crippen LogP contribution in [0.4, 0.5) is 5.69 Å². The number of benzene rings is 2. The van der Waals surface area contributed by atoms with Crippen LogP contribution in [0.3, 0.4) is 0 Å². The average molecular weight is 490 g/mol. The minimum Gasteiger partial charge on any atom is -0.325 e. The second-order valence-electron chi connectivity index (χ2n) is 10.0. The highest BCUT2D eigenvalue weighted by Gasteiger charge is 2.48. The standard InChI is InChI=1S/C29H27N7O/c1-2-35-12-9-29(10-13-35)22-7-6-21(15-24(22)33-28(29)37)26-31-16-25-27(34-26)36(18-32-25)17-19-5-8-23-20(14-19)4-3-11-30-23/h3-8,11,14-16,18H,2,9-10,12-13,17H2,1H3,(H,33,37). The minimum atomic E-state index is -0.418. The summed E-state index contributed by atoms with van der Waals surface area (Å²) in [5, 5.41) is 4.27. The molecule has 1 saturated heterocycles. The fraction of sp³-hybridized carbons (Fsp3) is 0.276. The van der Waals surface area contributed by atoms with E-state index in [1.807, 2.05) is 41.4 Å². The van der Waals surface area contributed by atoms with Gasteiger partial charge < -0.3 is 14.8 Å². The van der Waals surface area contributed by atoms with E-state index in [4.69, 9.17) is 4.98 Å². The predicted molar refractivity (Wildman–Crippen MR) is 143 cm³/mol. The smallest absolute Gasteiger partial charge is 0.235 e. The van der Waals surface area contributed by atoms with Crippen LogP contribution >= 0.6 is 0 Å². The Morgan fingerprint density at radius 2 is 1.89 bits per heavy atom. The van der Waals surface area contributed by atoms with E-state index in [2.05, 4.69) is 56.4 Å². The number of amides is 1. The van der Waals surface area contributed by atoms with Crippen molar-refractivity contribution in [1.29, 1.82) is 0 Å². The van der Waals surface area contributed by atoms with Gasteiger partial charge in [-0.1, -0.05) is 31.2 Å². The number of aromatic nitrogens is 5. The van der Waals surface area contributed by atoms with Gasteiger partial charge in [-0.2, -0.15) is 0 Å². The molecule has 2 aromatic carbocycles. The number of imidazole rings is 1. The van der Waals surface area contributed by atoms with E-state index in [9.17, 15) is 4.79 Å². The number of nitrogens with one attached hydrogen (secondary N) is 1. The summed E-state index contributed by atoms with van der Waals surface area (Å²) in [7, 11) is 0. The highest BCUT2D eigenvalue weighted by molar-refractivity contribution is 6.07. The maximum Gasteiger partial charge on any atom is 0.235 e. The van der Waals surface area contributed by atoms with Gasteiger partial charge in [0.25, 0.3) is 0 Å². The zero-order valence-electron chi connectivity index (χ0n) is 20.7. The van der Waals surface area contributed by atoms with Crippen molar-refractivity contribution in [2.75, 3.05) is 25.0 Å². The summed E-state index contributed by atoms with van der Waals surface area (Å²) in [6.07, 6.45) is 7.10. The summed E-state index contributed by atoms with van der Waals surface area (Å²) in [5.41, 5.74) is 6.12. The molecule has 7 rings (SSSR count). The maximum atomic E-state index is 13.1. The first-order valence-corrected chi connectivity index (χ1v) is 12.8. The van der Waals surface area contributed by atoms with Crippen LogP contribution < -0.4 is 5.32 Å². The maximum absolute atomic E-state index is 13.1. The molecule has 3 aromatic heterocycles. The van der Waals surface area contributed by atoms with E-state index in [1.54, 1.807) is 6.20 Å². The Balaban J connectivity index is 1.21. The van der Waals surface area contributed by atoms with Gasteiger partial charge in [-0.25, -0.2) is 15.0 Å². The number of pyridine rings is 1. The van der Waals surface area contributed by atoms with Crippen LogP contribution in [0.2, 0.25) is 0 Å². The SMILES string of the molecule is CCN1CCC2(CC1)C(=O)Nc1cc(-c3ncc4ncn(Cc5ccc6ncccc6c5)c4n3)ccc12. The summed E-state index contributed by atoms with van der Waals surface area (Å²) in [6.45, 7) is 5.74. The van der Waals surface area contributed by atoms with E-state index >= 15 is 0 Å². The van der Waals surface area contributed by atoms with Crippen molar-refractivity contribution in [3.63, 3.8) is 0 Å². The zero-order valence-corrected chi connectivity index (χ0v) is 20.7. The number of hydrogen-bond donors (Lipinski definition) is 1. The molecule has 8 heteroatoms. The van der Waals surface area contributed by atoms with Crippen LogP contribution in [-0.4, -0.2) is 54.9 Å². The molecule has 0 bridgehead atoms. The predicted octanol–water partition coefficient (Wildman–Crippen LogP) is 4.40. The molecule has 8 nitrogen and oxygen atoms in total. The molecule has 0 aliphatic carbocycles. The summed E-state index contributed by atoms with van der Waals surface area (Å²) >= 11 is 0. The highest BCUT2D eigenvalue weighted by Crippen LogP contribution is 2.45. The molecular formula is C29H27N7O. The number of likely N-dealkylation sites (tertiary alicyclic amines) is 1. The lowest BCUT2D eigenvalue weighted by molar-refractivity contribution is -0.122. The van der Waals surface area contributed by atoms with Gasteiger partial charge in [-0.15, -0.1) is 0 Å². The van der Waals surface area contributed by atoms with Crippen molar-refractivity contribution in [2.45, 2.75) is 31.7 Å². The second-order valence-corrected chi connectivity index (χ2v) is 10.0. The molecule has 1 spiro atoms. The molecule has 1 fully saturated rings. The van der Waals surface area contributed by atoms with Crippen LogP contribution in [0, 0.1) is 0 Å². The van der Waals surface area contributed by atoms with Gasteiger partial charge in [0.1, 0.15) is 5.52 Å². The lowest BCUT2D eigenvalue weighted by Crippen LogP contribution is -2.46. The van der Waals surface area contributed by atoms with Gasteiger partial charge in [-0.3, -0.25) is 9.78 Å². The Morgan fingerprint density at radius 3 is 2.76 bits per heavy atom. The van der Waals surface area contributed by atoms with Gasteiger partial charge in [0.2, 0.25) is 5.91 Å². The number of hydrogen-bond acceptors (Lipinski definition) is 6. The normalized spacial score (nSPS) is 16.9. The Kier molecular flexibility index (Phi) is 5.04. The van der Waals surface area contributed by atoms with Gasteiger partial charge in [0.05, 0.1) is 30.0 Å². The number of anilines is 1. The Labute approximate surface area is 214 Å². The van der Waals surface area contributed by atoms with Crippen molar-refractivity contribution < 1.29 is 4.79 Å². The fourth-order valence-electron chi connectivity index (χ4n) is 5.85. The van der Waals surface area contributed by atoms with E-state index in [-0.39, 0.29) is 5.91 Å². The summed E-state index contributed by atoms with van der Waals surface area (Å²) in [4.78, 5) is 33.9. The topological polar surface area (TPSA) is 88.8 Å². The number of carbonyl (C=O) groups is 1. The van der Waals surface area contributed by atoms with Crippen molar-refractivity contribution in [2.24, 2.45) is 0 Å². The molecule has 1 N–H and O–H groups in total. The highest BCUT2D eigenvalue weighted by atomic mass is 16.2. The van der Waals surface area contributed by atoms with Crippen molar-refractivity contribution in [3.05, 3.63) is 78.4 Å². The molecule has 0 radical (unpaired) electrons. The number of fused-ring (bicyclic) bond motifs is 4. The molecule has 0 atom stereocenters. The zero-order chi connectivity index (χ0) is 25.0. The van der Waals surface area contributed by atoms with E-state index < -0.39 is 5.41 Å². The molecular weight excluding hydrogens is 462 g/mol. The number of nitrogens with zero attached hydrogens (tertiary/aromatic N) is 6. The minimum absolute atomic E-state index is 0.121.